The fourth-order valence-electron chi connectivity index (χ4n) is 4.34. The highest BCUT2D eigenvalue weighted by atomic mass is 79.9. The predicted octanol–water partition coefficient (Wildman–Crippen LogP) is 7.55. The van der Waals surface area contributed by atoms with Gasteiger partial charge in [0.1, 0.15) is 5.75 Å². The zero-order valence-electron chi connectivity index (χ0n) is 18.4. The average molecular weight is 476 g/mol. The normalized spacial score (nSPS) is 15.1. The van der Waals surface area contributed by atoms with E-state index in [1.165, 1.54) is 60.2 Å². The van der Waals surface area contributed by atoms with Crippen molar-refractivity contribution in [2.45, 2.75) is 32.7 Å². The van der Waals surface area contributed by atoms with Gasteiger partial charge in [-0.15, -0.1) is 0 Å². The fraction of sp³-hybridized carbons (Fsp3) is 0.286. The summed E-state index contributed by atoms with van der Waals surface area (Å²) in [6.07, 6.45) is 6.17. The summed E-state index contributed by atoms with van der Waals surface area (Å²) in [7, 11) is 1.77. The van der Waals surface area contributed by atoms with Crippen molar-refractivity contribution in [2.24, 2.45) is 0 Å². The van der Waals surface area contributed by atoms with E-state index in [1.54, 1.807) is 7.11 Å². The van der Waals surface area contributed by atoms with Gasteiger partial charge in [0.25, 0.3) is 0 Å². The topological polar surface area (TPSA) is 12.5 Å². The molecule has 0 spiro atoms. The lowest BCUT2D eigenvalue weighted by Crippen LogP contribution is -2.29. The van der Waals surface area contributed by atoms with Crippen molar-refractivity contribution in [3.8, 4) is 16.9 Å². The van der Waals surface area contributed by atoms with Crippen LogP contribution in [0.4, 0.5) is 0 Å². The first-order valence-electron chi connectivity index (χ1n) is 11.1. The Morgan fingerprint density at radius 1 is 0.968 bits per heavy atom. The molecule has 0 atom stereocenters. The number of methoxy groups -OCH3 is 1. The lowest BCUT2D eigenvalue weighted by Gasteiger charge is -2.27. The van der Waals surface area contributed by atoms with Gasteiger partial charge in [-0.3, -0.25) is 4.90 Å². The van der Waals surface area contributed by atoms with Crippen molar-refractivity contribution in [3.63, 3.8) is 0 Å². The first-order valence-corrected chi connectivity index (χ1v) is 11.9. The highest BCUT2D eigenvalue weighted by Crippen LogP contribution is 2.33. The third-order valence-corrected chi connectivity index (χ3v) is 6.83. The highest BCUT2D eigenvalue weighted by Gasteiger charge is 2.14. The van der Waals surface area contributed by atoms with Crippen LogP contribution in [-0.2, 0) is 6.54 Å². The monoisotopic (exact) mass is 475 g/mol. The third-order valence-electron chi connectivity index (χ3n) is 6.15. The smallest absolute Gasteiger partial charge is 0.123 e. The number of likely N-dealkylation sites (tertiary alicyclic amines) is 1. The van der Waals surface area contributed by atoms with Crippen LogP contribution in [-0.4, -0.2) is 25.1 Å². The van der Waals surface area contributed by atoms with Crippen LogP contribution >= 0.6 is 15.9 Å². The molecule has 3 heteroatoms. The van der Waals surface area contributed by atoms with E-state index < -0.39 is 0 Å². The van der Waals surface area contributed by atoms with E-state index in [0.29, 0.717) is 0 Å². The molecule has 31 heavy (non-hydrogen) atoms. The zero-order valence-corrected chi connectivity index (χ0v) is 20.0. The maximum Gasteiger partial charge on any atom is 0.123 e. The summed E-state index contributed by atoms with van der Waals surface area (Å²) in [6.45, 7) is 5.52. The van der Waals surface area contributed by atoms with Gasteiger partial charge >= 0.3 is 0 Å². The maximum atomic E-state index is 5.75. The Morgan fingerprint density at radius 2 is 1.74 bits per heavy atom. The molecule has 2 nitrogen and oxygen atoms in total. The average Bonchev–Trinajstić information content (AvgIpc) is 2.82. The van der Waals surface area contributed by atoms with E-state index in [9.17, 15) is 0 Å². The number of ether oxygens (including phenoxy) is 1. The van der Waals surface area contributed by atoms with Gasteiger partial charge in [0.2, 0.25) is 0 Å². The molecular formula is C28H30BrNO. The van der Waals surface area contributed by atoms with Crippen LogP contribution in [0, 0.1) is 6.92 Å². The van der Waals surface area contributed by atoms with Crippen molar-refractivity contribution < 1.29 is 4.74 Å². The van der Waals surface area contributed by atoms with Crippen LogP contribution in [0.2, 0.25) is 0 Å². The molecule has 0 saturated carbocycles. The van der Waals surface area contributed by atoms with E-state index >= 15 is 0 Å². The standard InChI is InChI=1S/C28H30BrNO/c1-21-23(12-9-13-26(21)22-10-5-3-6-11-22)18-27(29)24-14-15-25(28(19-24)31-2)20-30-16-7-4-8-17-30/h3,5-6,9-15,18-19H,4,7-8,16-17,20H2,1-2H3/b27-18-. The molecule has 1 saturated heterocycles. The number of rotatable bonds is 6. The van der Waals surface area contributed by atoms with Crippen molar-refractivity contribution in [1.82, 2.24) is 4.90 Å². The van der Waals surface area contributed by atoms with Gasteiger partial charge in [-0.25, -0.2) is 0 Å². The number of benzene rings is 3. The van der Waals surface area contributed by atoms with Gasteiger partial charge in [0.05, 0.1) is 7.11 Å². The first kappa shape index (κ1) is 21.9. The van der Waals surface area contributed by atoms with Gasteiger partial charge in [-0.2, -0.15) is 0 Å². The first-order chi connectivity index (χ1) is 15.2. The van der Waals surface area contributed by atoms with Crippen LogP contribution < -0.4 is 4.74 Å². The summed E-state index contributed by atoms with van der Waals surface area (Å²) in [5, 5.41) is 0. The Kier molecular flexibility index (Phi) is 7.26. The number of nitrogens with zero attached hydrogens (tertiary/aromatic N) is 1. The molecule has 4 rings (SSSR count). The van der Waals surface area contributed by atoms with Crippen LogP contribution in [0.15, 0.2) is 66.7 Å². The van der Waals surface area contributed by atoms with Crippen molar-refractivity contribution in [3.05, 3.63) is 89.0 Å². The molecule has 160 valence electrons. The second-order valence-electron chi connectivity index (χ2n) is 8.24. The Bertz CT molecular complexity index is 1050. The van der Waals surface area contributed by atoms with Crippen molar-refractivity contribution in [1.29, 1.82) is 0 Å². The molecule has 0 bridgehead atoms. The van der Waals surface area contributed by atoms with Crippen LogP contribution in [0.25, 0.3) is 21.7 Å². The number of hydrogen-bond donors (Lipinski definition) is 0. The summed E-state index contributed by atoms with van der Waals surface area (Å²) < 4.78 is 6.81. The fourth-order valence-corrected chi connectivity index (χ4v) is 4.84. The lowest BCUT2D eigenvalue weighted by atomic mass is 9.96. The Morgan fingerprint density at radius 3 is 2.48 bits per heavy atom. The van der Waals surface area contributed by atoms with Gasteiger partial charge < -0.3 is 4.74 Å². The lowest BCUT2D eigenvalue weighted by molar-refractivity contribution is 0.218. The second-order valence-corrected chi connectivity index (χ2v) is 9.10. The van der Waals surface area contributed by atoms with Crippen LogP contribution in [0.1, 0.15) is 41.5 Å². The largest absolute Gasteiger partial charge is 0.496 e. The van der Waals surface area contributed by atoms with E-state index in [-0.39, 0.29) is 0 Å². The number of piperidine rings is 1. The Balaban J connectivity index is 1.60. The molecular weight excluding hydrogens is 446 g/mol. The quantitative estimate of drug-likeness (QED) is 0.341. The number of hydrogen-bond acceptors (Lipinski definition) is 2. The Labute approximate surface area is 194 Å². The second kappa shape index (κ2) is 10.3. The molecule has 1 aliphatic heterocycles. The molecule has 0 N–H and O–H groups in total. The molecule has 0 radical (unpaired) electrons. The molecule has 1 heterocycles. The molecule has 0 aliphatic carbocycles. The van der Waals surface area contributed by atoms with Crippen LogP contribution in [0.5, 0.6) is 5.75 Å². The van der Waals surface area contributed by atoms with Crippen LogP contribution in [0.3, 0.4) is 0 Å². The van der Waals surface area contributed by atoms with E-state index in [0.717, 1.165) is 22.3 Å². The minimum absolute atomic E-state index is 0.961. The molecule has 0 aromatic heterocycles. The zero-order chi connectivity index (χ0) is 21.6. The van der Waals surface area contributed by atoms with E-state index in [1.807, 2.05) is 0 Å². The SMILES string of the molecule is COc1cc(/C(Br)=C/c2cccc(-c3ccccc3)c2C)ccc1CN1CCCCC1. The summed E-state index contributed by atoms with van der Waals surface area (Å²) in [4.78, 5) is 2.53. The molecule has 1 fully saturated rings. The van der Waals surface area contributed by atoms with Gasteiger partial charge in [0, 0.05) is 16.6 Å². The third kappa shape index (κ3) is 5.28. The number of halogens is 1. The van der Waals surface area contributed by atoms with Gasteiger partial charge in [0.15, 0.2) is 0 Å². The summed E-state index contributed by atoms with van der Waals surface area (Å²) in [5.74, 6) is 0.961. The highest BCUT2D eigenvalue weighted by molar-refractivity contribution is 9.15. The summed E-state index contributed by atoms with van der Waals surface area (Å²) >= 11 is 3.82. The Hall–Kier alpha value is -2.36. The molecule has 1 aliphatic rings. The van der Waals surface area contributed by atoms with E-state index in [4.69, 9.17) is 4.74 Å². The molecule has 0 unspecified atom stereocenters. The van der Waals surface area contributed by atoms with Crippen molar-refractivity contribution in [2.75, 3.05) is 20.2 Å². The maximum absolute atomic E-state index is 5.75. The molecule has 0 amide bonds. The minimum Gasteiger partial charge on any atom is -0.496 e. The van der Waals surface area contributed by atoms with E-state index in [2.05, 4.69) is 101 Å². The summed E-state index contributed by atoms with van der Waals surface area (Å²) in [5.41, 5.74) is 7.39. The predicted molar refractivity (Wildman–Crippen MR) is 136 cm³/mol. The van der Waals surface area contributed by atoms with Crippen molar-refractivity contribution >= 4 is 26.5 Å². The molecule has 3 aromatic rings. The van der Waals surface area contributed by atoms with Gasteiger partial charge in [-0.05, 0) is 72.8 Å². The molecule has 3 aromatic carbocycles. The van der Waals surface area contributed by atoms with Gasteiger partial charge in [-0.1, -0.05) is 83.0 Å². The summed E-state index contributed by atoms with van der Waals surface area (Å²) in [6, 6.07) is 23.6. The minimum atomic E-state index is 0.961.